The van der Waals surface area contributed by atoms with E-state index < -0.39 is 28.5 Å². The molecule has 3 aromatic carbocycles. The maximum Gasteiger partial charge on any atom is 0.264 e. The molecule has 8 nitrogen and oxygen atoms in total. The molecule has 0 radical (unpaired) electrons. The molecule has 0 saturated heterocycles. The largest absolute Gasteiger partial charge is 0.497 e. The fourth-order valence-corrected chi connectivity index (χ4v) is 5.69. The van der Waals surface area contributed by atoms with Crippen molar-refractivity contribution >= 4 is 27.5 Å². The van der Waals surface area contributed by atoms with Crippen LogP contribution in [0.15, 0.2) is 77.7 Å². The second-order valence-corrected chi connectivity index (χ2v) is 11.8. The molecule has 1 N–H and O–H groups in total. The average molecular weight is 566 g/mol. The van der Waals surface area contributed by atoms with E-state index in [0.717, 1.165) is 21.9 Å². The number of carbonyl (C=O) groups excluding carboxylic acids is 2. The Morgan fingerprint density at radius 1 is 0.950 bits per heavy atom. The van der Waals surface area contributed by atoms with E-state index >= 15 is 0 Å². The van der Waals surface area contributed by atoms with Gasteiger partial charge in [0.2, 0.25) is 11.8 Å². The Morgan fingerprint density at radius 2 is 1.62 bits per heavy atom. The van der Waals surface area contributed by atoms with Gasteiger partial charge in [-0.2, -0.15) is 0 Å². The molecule has 0 spiro atoms. The van der Waals surface area contributed by atoms with Gasteiger partial charge in [-0.05, 0) is 75.6 Å². The molecular weight excluding hydrogens is 526 g/mol. The number of hydrogen-bond acceptors (Lipinski definition) is 5. The van der Waals surface area contributed by atoms with Crippen LogP contribution in [0.2, 0.25) is 0 Å². The van der Waals surface area contributed by atoms with Crippen molar-refractivity contribution in [1.29, 1.82) is 0 Å². The van der Waals surface area contributed by atoms with E-state index in [-0.39, 0.29) is 23.4 Å². The average Bonchev–Trinajstić information content (AvgIpc) is 2.94. The molecule has 0 aliphatic carbocycles. The van der Waals surface area contributed by atoms with Crippen LogP contribution in [0.25, 0.3) is 0 Å². The van der Waals surface area contributed by atoms with Crippen LogP contribution in [-0.2, 0) is 26.2 Å². The van der Waals surface area contributed by atoms with Gasteiger partial charge in [0, 0.05) is 12.6 Å². The van der Waals surface area contributed by atoms with E-state index in [4.69, 9.17) is 4.74 Å². The topological polar surface area (TPSA) is 96.0 Å². The number of sulfonamides is 1. The molecule has 0 aliphatic rings. The number of nitrogens with zero attached hydrogens (tertiary/aromatic N) is 2. The Labute approximate surface area is 238 Å². The van der Waals surface area contributed by atoms with Crippen LogP contribution in [0.5, 0.6) is 5.75 Å². The molecule has 0 aromatic heterocycles. The van der Waals surface area contributed by atoms with E-state index in [2.05, 4.69) is 5.32 Å². The summed E-state index contributed by atoms with van der Waals surface area (Å²) >= 11 is 0. The first-order valence-corrected chi connectivity index (χ1v) is 14.8. The number of amides is 2. The lowest BCUT2D eigenvalue weighted by Crippen LogP contribution is -2.52. The second kappa shape index (κ2) is 13.5. The van der Waals surface area contributed by atoms with Crippen LogP contribution in [0.3, 0.4) is 0 Å². The number of anilines is 1. The van der Waals surface area contributed by atoms with Gasteiger partial charge in [0.05, 0.1) is 17.7 Å². The van der Waals surface area contributed by atoms with Gasteiger partial charge in [0.25, 0.3) is 10.0 Å². The van der Waals surface area contributed by atoms with Crippen molar-refractivity contribution in [2.45, 2.75) is 64.6 Å². The zero-order chi connectivity index (χ0) is 29.4. The smallest absolute Gasteiger partial charge is 0.264 e. The normalized spacial score (nSPS) is 12.8. The Morgan fingerprint density at radius 3 is 2.25 bits per heavy atom. The van der Waals surface area contributed by atoms with Gasteiger partial charge >= 0.3 is 0 Å². The van der Waals surface area contributed by atoms with Crippen LogP contribution < -0.4 is 14.4 Å². The minimum atomic E-state index is -4.11. The van der Waals surface area contributed by atoms with Crippen LogP contribution in [0.1, 0.15) is 43.9 Å². The summed E-state index contributed by atoms with van der Waals surface area (Å²) in [6.07, 6.45) is 0.734. The second-order valence-electron chi connectivity index (χ2n) is 9.98. The first kappa shape index (κ1) is 30.7. The van der Waals surface area contributed by atoms with Crippen molar-refractivity contribution in [2.75, 3.05) is 18.0 Å². The lowest BCUT2D eigenvalue weighted by Gasteiger charge is -2.33. The minimum Gasteiger partial charge on any atom is -0.497 e. The molecule has 2 atom stereocenters. The van der Waals surface area contributed by atoms with Crippen LogP contribution >= 0.6 is 0 Å². The van der Waals surface area contributed by atoms with Gasteiger partial charge in [0.1, 0.15) is 18.3 Å². The highest BCUT2D eigenvalue weighted by Gasteiger charge is 2.33. The van der Waals surface area contributed by atoms with E-state index in [1.165, 1.54) is 17.0 Å². The molecule has 9 heteroatoms. The van der Waals surface area contributed by atoms with Gasteiger partial charge in [-0.15, -0.1) is 0 Å². The number of para-hydroxylation sites is 1. The van der Waals surface area contributed by atoms with Crippen LogP contribution in [0.4, 0.5) is 5.69 Å². The molecular formula is C31H39N3O5S. The van der Waals surface area contributed by atoms with Crippen molar-refractivity contribution in [3.05, 3.63) is 89.5 Å². The minimum absolute atomic E-state index is 0.0749. The number of carbonyl (C=O) groups is 2. The number of nitrogens with one attached hydrogen (secondary N) is 1. The molecule has 2 amide bonds. The first-order valence-electron chi connectivity index (χ1n) is 13.4. The van der Waals surface area contributed by atoms with Gasteiger partial charge in [-0.25, -0.2) is 8.42 Å². The highest BCUT2D eigenvalue weighted by atomic mass is 32.2. The quantitative estimate of drug-likeness (QED) is 0.339. The number of hydrogen-bond donors (Lipinski definition) is 1. The van der Waals surface area contributed by atoms with Crippen molar-refractivity contribution in [1.82, 2.24) is 10.2 Å². The lowest BCUT2D eigenvalue weighted by atomic mass is 10.1. The molecule has 0 aliphatic heterocycles. The van der Waals surface area contributed by atoms with Crippen LogP contribution in [-0.4, -0.2) is 50.9 Å². The van der Waals surface area contributed by atoms with Crippen molar-refractivity contribution in [3.63, 3.8) is 0 Å². The fourth-order valence-electron chi connectivity index (χ4n) is 4.21. The summed E-state index contributed by atoms with van der Waals surface area (Å²) in [6, 6.07) is 19.9. The standard InChI is InChI=1S/C31H39N3O5S/c1-7-24(4)32-31(36)25(5)33(20-26-12-10-13-27(19-26)39-6)30(35)21-34(29-14-9-8-11-23(29)3)40(37,38)28-17-15-22(2)16-18-28/h8-19,24-25H,7,20-21H2,1-6H3,(H,32,36)/t24-,25+/m0/s1. The third-order valence-electron chi connectivity index (χ3n) is 6.93. The van der Waals surface area contributed by atoms with Gasteiger partial charge < -0.3 is 15.0 Å². The summed E-state index contributed by atoms with van der Waals surface area (Å²) in [5.41, 5.74) is 2.77. The highest BCUT2D eigenvalue weighted by molar-refractivity contribution is 7.92. The van der Waals surface area contributed by atoms with Crippen molar-refractivity contribution < 1.29 is 22.7 Å². The molecule has 0 fully saturated rings. The van der Waals surface area contributed by atoms with Crippen molar-refractivity contribution in [2.24, 2.45) is 0 Å². The van der Waals surface area contributed by atoms with Crippen molar-refractivity contribution in [3.8, 4) is 5.75 Å². The summed E-state index contributed by atoms with van der Waals surface area (Å²) in [7, 11) is -2.55. The number of methoxy groups -OCH3 is 1. The maximum absolute atomic E-state index is 14.0. The third kappa shape index (κ3) is 7.41. The Kier molecular flexibility index (Phi) is 10.3. The fraction of sp³-hybridized carbons (Fsp3) is 0.355. The van der Waals surface area contributed by atoms with Gasteiger partial charge in [-0.3, -0.25) is 13.9 Å². The summed E-state index contributed by atoms with van der Waals surface area (Å²) in [5.74, 6) is -0.201. The Hall–Kier alpha value is -3.85. The zero-order valence-electron chi connectivity index (χ0n) is 24.0. The summed E-state index contributed by atoms with van der Waals surface area (Å²) in [5, 5.41) is 2.94. The van der Waals surface area contributed by atoms with E-state index in [9.17, 15) is 18.0 Å². The number of aryl methyl sites for hydroxylation is 2. The van der Waals surface area contributed by atoms with E-state index in [1.54, 1.807) is 63.4 Å². The molecule has 0 unspecified atom stereocenters. The molecule has 3 aromatic rings. The van der Waals surface area contributed by atoms with Crippen LogP contribution in [0, 0.1) is 13.8 Å². The Bertz CT molecular complexity index is 1420. The first-order chi connectivity index (χ1) is 19.0. The summed E-state index contributed by atoms with van der Waals surface area (Å²) in [6.45, 7) is 8.80. The molecule has 40 heavy (non-hydrogen) atoms. The molecule has 0 saturated carbocycles. The number of benzene rings is 3. The Balaban J connectivity index is 2.04. The third-order valence-corrected chi connectivity index (χ3v) is 8.70. The number of ether oxygens (including phenoxy) is 1. The molecule has 0 bridgehead atoms. The predicted octanol–water partition coefficient (Wildman–Crippen LogP) is 4.84. The van der Waals surface area contributed by atoms with E-state index in [0.29, 0.717) is 17.0 Å². The SMILES string of the molecule is CC[C@H](C)NC(=O)[C@@H](C)N(Cc1cccc(OC)c1)C(=O)CN(c1ccccc1C)S(=O)(=O)c1ccc(C)cc1. The zero-order valence-corrected chi connectivity index (χ0v) is 24.9. The molecule has 214 valence electrons. The predicted molar refractivity (Wildman–Crippen MR) is 158 cm³/mol. The lowest BCUT2D eigenvalue weighted by molar-refractivity contribution is -0.139. The monoisotopic (exact) mass is 565 g/mol. The number of rotatable bonds is 12. The van der Waals surface area contributed by atoms with Gasteiger partial charge in [0.15, 0.2) is 0 Å². The summed E-state index contributed by atoms with van der Waals surface area (Å²) < 4.78 is 34.4. The summed E-state index contributed by atoms with van der Waals surface area (Å²) in [4.78, 5) is 28.7. The van der Waals surface area contributed by atoms with Gasteiger partial charge in [-0.1, -0.05) is 55.0 Å². The highest BCUT2D eigenvalue weighted by Crippen LogP contribution is 2.27. The van der Waals surface area contributed by atoms with E-state index in [1.807, 2.05) is 39.0 Å². The maximum atomic E-state index is 14.0. The molecule has 0 heterocycles. The molecule has 3 rings (SSSR count).